The second kappa shape index (κ2) is 6.55. The predicted octanol–water partition coefficient (Wildman–Crippen LogP) is 2.87. The summed E-state index contributed by atoms with van der Waals surface area (Å²) in [5, 5.41) is 0. The highest BCUT2D eigenvalue weighted by molar-refractivity contribution is 5.89. The molecule has 2 aromatic rings. The maximum Gasteiger partial charge on any atom is 0.338 e. The summed E-state index contributed by atoms with van der Waals surface area (Å²) < 4.78 is 5.20. The third-order valence-corrected chi connectivity index (χ3v) is 2.60. The van der Waals surface area contributed by atoms with Crippen LogP contribution in [-0.4, -0.2) is 17.6 Å². The highest BCUT2D eigenvalue weighted by Gasteiger charge is 2.04. The van der Waals surface area contributed by atoms with Gasteiger partial charge in [0.2, 0.25) is 0 Å². The fourth-order valence-electron chi connectivity index (χ4n) is 1.65. The molecule has 1 aromatic carbocycles. The standard InChI is InChI=1S/C15H15NO2/c17-15(14-6-2-1-3-7-14)18-12-4-5-13-8-10-16-11-9-13/h1-3,6-11H,4-5,12H2. The van der Waals surface area contributed by atoms with E-state index in [2.05, 4.69) is 4.98 Å². The lowest BCUT2D eigenvalue weighted by atomic mass is 10.1. The maximum atomic E-state index is 11.6. The molecule has 0 saturated carbocycles. The normalized spacial score (nSPS) is 10.0. The van der Waals surface area contributed by atoms with Gasteiger partial charge in [-0.1, -0.05) is 18.2 Å². The third kappa shape index (κ3) is 3.70. The van der Waals surface area contributed by atoms with E-state index in [1.165, 1.54) is 5.56 Å². The zero-order valence-electron chi connectivity index (χ0n) is 10.1. The number of hydrogen-bond donors (Lipinski definition) is 0. The van der Waals surface area contributed by atoms with Crippen molar-refractivity contribution in [2.75, 3.05) is 6.61 Å². The van der Waals surface area contributed by atoms with Crippen molar-refractivity contribution in [3.8, 4) is 0 Å². The van der Waals surface area contributed by atoms with Crippen LogP contribution in [-0.2, 0) is 11.2 Å². The molecular weight excluding hydrogens is 226 g/mol. The number of rotatable bonds is 5. The predicted molar refractivity (Wildman–Crippen MR) is 69.3 cm³/mol. The van der Waals surface area contributed by atoms with E-state index < -0.39 is 0 Å². The Hall–Kier alpha value is -2.16. The fourth-order valence-corrected chi connectivity index (χ4v) is 1.65. The summed E-state index contributed by atoms with van der Waals surface area (Å²) in [5.41, 5.74) is 1.81. The number of esters is 1. The molecule has 0 aliphatic rings. The SMILES string of the molecule is O=C(OCCCc1ccncc1)c1ccccc1. The van der Waals surface area contributed by atoms with Crippen LogP contribution in [0.5, 0.6) is 0 Å². The molecule has 1 aromatic heterocycles. The minimum absolute atomic E-state index is 0.259. The second-order valence-electron chi connectivity index (χ2n) is 3.96. The molecule has 0 saturated heterocycles. The van der Waals surface area contributed by atoms with Crippen LogP contribution >= 0.6 is 0 Å². The average Bonchev–Trinajstić information content (AvgIpc) is 2.45. The molecule has 1 heterocycles. The number of pyridine rings is 1. The summed E-state index contributed by atoms with van der Waals surface area (Å²) in [6.45, 7) is 0.441. The molecule has 0 bridgehead atoms. The summed E-state index contributed by atoms with van der Waals surface area (Å²) in [6, 6.07) is 13.0. The van der Waals surface area contributed by atoms with Gasteiger partial charge in [0.15, 0.2) is 0 Å². The van der Waals surface area contributed by atoms with Crippen molar-refractivity contribution >= 4 is 5.97 Å². The number of ether oxygens (including phenoxy) is 1. The highest BCUT2D eigenvalue weighted by Crippen LogP contribution is 2.04. The van der Waals surface area contributed by atoms with Crippen LogP contribution in [0.25, 0.3) is 0 Å². The first-order valence-electron chi connectivity index (χ1n) is 5.97. The number of carbonyl (C=O) groups excluding carboxylic acids is 1. The number of benzene rings is 1. The van der Waals surface area contributed by atoms with Gasteiger partial charge < -0.3 is 4.74 Å². The van der Waals surface area contributed by atoms with Crippen molar-refractivity contribution in [1.82, 2.24) is 4.98 Å². The molecule has 0 fully saturated rings. The van der Waals surface area contributed by atoms with Crippen LogP contribution in [0.2, 0.25) is 0 Å². The molecule has 3 heteroatoms. The van der Waals surface area contributed by atoms with Crippen LogP contribution in [0.1, 0.15) is 22.3 Å². The van der Waals surface area contributed by atoms with E-state index in [-0.39, 0.29) is 5.97 Å². The van der Waals surface area contributed by atoms with Crippen molar-refractivity contribution in [2.45, 2.75) is 12.8 Å². The van der Waals surface area contributed by atoms with E-state index in [0.717, 1.165) is 12.8 Å². The van der Waals surface area contributed by atoms with Crippen LogP contribution < -0.4 is 0 Å². The Balaban J connectivity index is 1.72. The number of nitrogens with zero attached hydrogens (tertiary/aromatic N) is 1. The van der Waals surface area contributed by atoms with Crippen molar-refractivity contribution in [3.05, 3.63) is 66.0 Å². The Morgan fingerprint density at radius 1 is 1.06 bits per heavy atom. The van der Waals surface area contributed by atoms with Gasteiger partial charge in [-0.05, 0) is 42.7 Å². The minimum atomic E-state index is -0.259. The van der Waals surface area contributed by atoms with Gasteiger partial charge in [0, 0.05) is 12.4 Å². The van der Waals surface area contributed by atoms with E-state index >= 15 is 0 Å². The van der Waals surface area contributed by atoms with Crippen LogP contribution in [0, 0.1) is 0 Å². The topological polar surface area (TPSA) is 39.2 Å². The molecule has 2 rings (SSSR count). The Labute approximate surface area is 106 Å². The number of aromatic nitrogens is 1. The smallest absolute Gasteiger partial charge is 0.338 e. The summed E-state index contributed by atoms with van der Waals surface area (Å²) in [6.07, 6.45) is 5.25. The van der Waals surface area contributed by atoms with E-state index in [4.69, 9.17) is 4.74 Å². The van der Waals surface area contributed by atoms with Crippen LogP contribution in [0.4, 0.5) is 0 Å². The molecule has 92 valence electrons. The minimum Gasteiger partial charge on any atom is -0.462 e. The lowest BCUT2D eigenvalue weighted by molar-refractivity contribution is 0.0500. The van der Waals surface area contributed by atoms with Crippen molar-refractivity contribution in [3.63, 3.8) is 0 Å². The Morgan fingerprint density at radius 2 is 1.78 bits per heavy atom. The molecule has 0 aliphatic heterocycles. The number of carbonyl (C=O) groups is 1. The molecule has 0 atom stereocenters. The molecule has 0 amide bonds. The quantitative estimate of drug-likeness (QED) is 0.597. The van der Waals surface area contributed by atoms with Gasteiger partial charge in [0.05, 0.1) is 12.2 Å². The summed E-state index contributed by atoms with van der Waals surface area (Å²) in [4.78, 5) is 15.6. The van der Waals surface area contributed by atoms with E-state index in [1.807, 2.05) is 30.3 Å². The Bertz CT molecular complexity index is 482. The van der Waals surface area contributed by atoms with Gasteiger partial charge >= 0.3 is 5.97 Å². The van der Waals surface area contributed by atoms with Gasteiger partial charge in [0.1, 0.15) is 0 Å². The Morgan fingerprint density at radius 3 is 2.50 bits per heavy atom. The van der Waals surface area contributed by atoms with Crippen molar-refractivity contribution in [2.24, 2.45) is 0 Å². The molecule has 0 N–H and O–H groups in total. The van der Waals surface area contributed by atoms with Crippen LogP contribution in [0.3, 0.4) is 0 Å². The first-order valence-corrected chi connectivity index (χ1v) is 5.97. The van der Waals surface area contributed by atoms with E-state index in [9.17, 15) is 4.79 Å². The largest absolute Gasteiger partial charge is 0.462 e. The average molecular weight is 241 g/mol. The van der Waals surface area contributed by atoms with Crippen LogP contribution in [0.15, 0.2) is 54.9 Å². The lowest BCUT2D eigenvalue weighted by Crippen LogP contribution is -2.06. The third-order valence-electron chi connectivity index (χ3n) is 2.60. The number of hydrogen-bond acceptors (Lipinski definition) is 3. The van der Waals surface area contributed by atoms with Crippen molar-refractivity contribution < 1.29 is 9.53 Å². The Kier molecular flexibility index (Phi) is 4.47. The monoisotopic (exact) mass is 241 g/mol. The van der Waals surface area contributed by atoms with E-state index in [0.29, 0.717) is 12.2 Å². The van der Waals surface area contributed by atoms with Gasteiger partial charge in [-0.3, -0.25) is 4.98 Å². The fraction of sp³-hybridized carbons (Fsp3) is 0.200. The molecular formula is C15H15NO2. The van der Waals surface area contributed by atoms with E-state index in [1.54, 1.807) is 24.5 Å². The summed E-state index contributed by atoms with van der Waals surface area (Å²) in [5.74, 6) is -0.259. The molecule has 0 radical (unpaired) electrons. The van der Waals surface area contributed by atoms with Crippen molar-refractivity contribution in [1.29, 1.82) is 0 Å². The van der Waals surface area contributed by atoms with Gasteiger partial charge in [-0.25, -0.2) is 4.79 Å². The summed E-state index contributed by atoms with van der Waals surface area (Å²) in [7, 11) is 0. The van der Waals surface area contributed by atoms with Gasteiger partial charge in [-0.2, -0.15) is 0 Å². The zero-order valence-corrected chi connectivity index (χ0v) is 10.1. The second-order valence-corrected chi connectivity index (χ2v) is 3.96. The molecule has 0 aliphatic carbocycles. The van der Waals surface area contributed by atoms with Gasteiger partial charge in [-0.15, -0.1) is 0 Å². The first-order chi connectivity index (χ1) is 8.86. The lowest BCUT2D eigenvalue weighted by Gasteiger charge is -2.04. The zero-order chi connectivity index (χ0) is 12.6. The number of aryl methyl sites for hydroxylation is 1. The molecule has 0 unspecified atom stereocenters. The van der Waals surface area contributed by atoms with Gasteiger partial charge in [0.25, 0.3) is 0 Å². The molecule has 0 spiro atoms. The molecule has 3 nitrogen and oxygen atoms in total. The summed E-state index contributed by atoms with van der Waals surface area (Å²) >= 11 is 0. The first kappa shape index (κ1) is 12.3. The highest BCUT2D eigenvalue weighted by atomic mass is 16.5. The molecule has 18 heavy (non-hydrogen) atoms. The maximum absolute atomic E-state index is 11.6.